The second-order valence-electron chi connectivity index (χ2n) is 8.72. The van der Waals surface area contributed by atoms with Crippen LogP contribution in [-0.4, -0.2) is 41.5 Å². The van der Waals surface area contributed by atoms with Gasteiger partial charge in [0.1, 0.15) is 11.3 Å². The lowest BCUT2D eigenvalue weighted by Crippen LogP contribution is -2.73. The quantitative estimate of drug-likeness (QED) is 0.912. The minimum atomic E-state index is -0.468. The Morgan fingerprint density at radius 2 is 1.96 bits per heavy atom. The number of hydrogen-bond donors (Lipinski definition) is 1. The molecule has 1 aromatic rings. The fourth-order valence-corrected chi connectivity index (χ4v) is 6.37. The predicted octanol–water partition coefficient (Wildman–Crippen LogP) is 2.31. The summed E-state index contributed by atoms with van der Waals surface area (Å²) in [5.41, 5.74) is 7.13. The number of hydrogen-bond acceptors (Lipinski definition) is 4. The van der Waals surface area contributed by atoms with Gasteiger partial charge >= 0.3 is 0 Å². The van der Waals surface area contributed by atoms with Crippen molar-refractivity contribution in [3.63, 3.8) is 0 Å². The molecule has 1 amide bonds. The predicted molar refractivity (Wildman–Crippen MR) is 93.9 cm³/mol. The minimum Gasteiger partial charge on any atom is -0.373 e. The molecule has 25 heavy (non-hydrogen) atoms. The average molecular weight is 341 g/mol. The number of nitrogens with zero attached hydrogens (tertiary/aromatic N) is 2. The van der Waals surface area contributed by atoms with Crippen molar-refractivity contribution in [1.82, 2.24) is 9.88 Å². The molecule has 0 spiro atoms. The Hall–Kier alpha value is -1.46. The van der Waals surface area contributed by atoms with Crippen molar-refractivity contribution in [2.75, 3.05) is 20.2 Å². The zero-order chi connectivity index (χ0) is 17.2. The van der Waals surface area contributed by atoms with E-state index in [1.165, 1.54) is 38.5 Å². The van der Waals surface area contributed by atoms with Gasteiger partial charge in [-0.25, -0.2) is 0 Å². The normalized spacial score (nSPS) is 42.4. The first-order valence-corrected chi connectivity index (χ1v) is 9.64. The van der Waals surface area contributed by atoms with Crippen LogP contribution in [0.5, 0.6) is 0 Å². The number of primary amides is 1. The highest BCUT2D eigenvalue weighted by atomic mass is 16.5. The van der Waals surface area contributed by atoms with Crippen LogP contribution in [0.2, 0.25) is 0 Å². The number of carbonyl (C=O) groups is 1. The molecule has 1 saturated heterocycles. The summed E-state index contributed by atoms with van der Waals surface area (Å²) in [4.78, 5) is 18.5. The van der Waals surface area contributed by atoms with Gasteiger partial charge in [-0.15, -0.1) is 0 Å². The molecule has 5 aliphatic rings. The second-order valence-corrected chi connectivity index (χ2v) is 8.72. The molecule has 4 bridgehead atoms. The molecule has 1 aliphatic heterocycles. The van der Waals surface area contributed by atoms with Crippen molar-refractivity contribution in [1.29, 1.82) is 0 Å². The van der Waals surface area contributed by atoms with Crippen LogP contribution >= 0.6 is 0 Å². The van der Waals surface area contributed by atoms with Crippen molar-refractivity contribution >= 4 is 5.91 Å². The van der Waals surface area contributed by atoms with Crippen LogP contribution in [0.4, 0.5) is 0 Å². The first-order chi connectivity index (χ1) is 12.1. The summed E-state index contributed by atoms with van der Waals surface area (Å²) in [5.74, 6) is 1.49. The SMILES string of the molecule is CO[C@]1(c2ccnc(C(N)=O)c2)[C@@H]2CCC[C@H]1CN(C13CC(C1)C3)C2. The second kappa shape index (κ2) is 5.27. The fraction of sp³-hybridized carbons (Fsp3) is 0.700. The largest absolute Gasteiger partial charge is 0.373 e. The first-order valence-electron chi connectivity index (χ1n) is 9.64. The molecule has 2 heterocycles. The molecule has 1 aromatic heterocycles. The van der Waals surface area contributed by atoms with Crippen LogP contribution in [0.1, 0.15) is 54.6 Å². The number of aromatic nitrogens is 1. The fourth-order valence-electron chi connectivity index (χ4n) is 6.37. The van der Waals surface area contributed by atoms with Crippen LogP contribution in [-0.2, 0) is 10.3 Å². The molecular formula is C20H27N3O2. The molecular weight excluding hydrogens is 314 g/mol. The van der Waals surface area contributed by atoms with Gasteiger partial charge in [0, 0.05) is 43.8 Å². The number of fused-ring (bicyclic) bond motifs is 2. The Balaban J connectivity index is 1.52. The molecule has 5 heteroatoms. The van der Waals surface area contributed by atoms with Crippen molar-refractivity contribution in [2.24, 2.45) is 23.5 Å². The number of pyridine rings is 1. The minimum absolute atomic E-state index is 0.300. The van der Waals surface area contributed by atoms with Gasteiger partial charge in [0.2, 0.25) is 0 Å². The number of piperidine rings is 1. The summed E-state index contributed by atoms with van der Waals surface area (Å²) in [7, 11) is 1.84. The van der Waals surface area contributed by atoms with Gasteiger partial charge in [0.25, 0.3) is 5.91 Å². The van der Waals surface area contributed by atoms with Gasteiger partial charge in [-0.05, 0) is 55.7 Å². The van der Waals surface area contributed by atoms with E-state index in [1.807, 2.05) is 19.2 Å². The zero-order valence-electron chi connectivity index (χ0n) is 14.9. The van der Waals surface area contributed by atoms with Gasteiger partial charge in [0.15, 0.2) is 0 Å². The number of rotatable bonds is 4. The number of ether oxygens (including phenoxy) is 1. The Kier molecular flexibility index (Phi) is 3.32. The highest BCUT2D eigenvalue weighted by Gasteiger charge is 2.63. The number of nitrogens with two attached hydrogens (primary N) is 1. The van der Waals surface area contributed by atoms with Crippen LogP contribution in [0.15, 0.2) is 18.3 Å². The van der Waals surface area contributed by atoms with Gasteiger partial charge in [-0.2, -0.15) is 0 Å². The van der Waals surface area contributed by atoms with Gasteiger partial charge in [-0.3, -0.25) is 14.7 Å². The molecule has 0 radical (unpaired) electrons. The highest BCUT2D eigenvalue weighted by Crippen LogP contribution is 2.63. The van der Waals surface area contributed by atoms with Crippen molar-refractivity contribution < 1.29 is 9.53 Å². The Morgan fingerprint density at radius 3 is 2.48 bits per heavy atom. The summed E-state index contributed by atoms with van der Waals surface area (Å²) in [6.45, 7) is 2.23. The summed E-state index contributed by atoms with van der Waals surface area (Å²) in [6, 6.07) is 3.89. The number of amides is 1. The molecule has 5 fully saturated rings. The summed E-state index contributed by atoms with van der Waals surface area (Å²) < 4.78 is 6.29. The van der Waals surface area contributed by atoms with Crippen LogP contribution in [0.25, 0.3) is 0 Å². The van der Waals surface area contributed by atoms with E-state index in [1.54, 1.807) is 6.20 Å². The molecule has 4 aliphatic carbocycles. The monoisotopic (exact) mass is 341 g/mol. The molecule has 3 atom stereocenters. The molecule has 0 aromatic carbocycles. The van der Waals surface area contributed by atoms with Crippen molar-refractivity contribution in [3.8, 4) is 0 Å². The van der Waals surface area contributed by atoms with Crippen molar-refractivity contribution in [2.45, 2.75) is 49.7 Å². The highest BCUT2D eigenvalue weighted by molar-refractivity contribution is 5.90. The van der Waals surface area contributed by atoms with Gasteiger partial charge < -0.3 is 10.5 Å². The van der Waals surface area contributed by atoms with E-state index >= 15 is 0 Å². The Morgan fingerprint density at radius 1 is 1.28 bits per heavy atom. The van der Waals surface area contributed by atoms with E-state index in [9.17, 15) is 4.79 Å². The molecule has 5 nitrogen and oxygen atoms in total. The lowest BCUT2D eigenvalue weighted by molar-refractivity contribution is -0.226. The molecule has 6 rings (SSSR count). The van der Waals surface area contributed by atoms with Gasteiger partial charge in [0.05, 0.1) is 0 Å². The molecule has 134 valence electrons. The Bertz CT molecular complexity index is 688. The van der Waals surface area contributed by atoms with E-state index in [2.05, 4.69) is 9.88 Å². The maximum atomic E-state index is 11.6. The van der Waals surface area contributed by atoms with E-state index in [4.69, 9.17) is 10.5 Å². The number of methoxy groups -OCH3 is 1. The van der Waals surface area contributed by atoms with E-state index in [0.29, 0.717) is 23.1 Å². The lowest BCUT2D eigenvalue weighted by atomic mass is 9.48. The standard InChI is InChI=1S/C20H27N3O2/c1-25-20(14-5-6-22-17(7-14)18(21)24)15-3-2-4-16(20)12-23(11-15)19-8-13(9-19)10-19/h5-7,13,15-16H,2-4,8-12H2,1H3,(H2,21,24)/t13?,15-,16+,19?,20-. The smallest absolute Gasteiger partial charge is 0.267 e. The van der Waals surface area contributed by atoms with Crippen LogP contribution in [0, 0.1) is 17.8 Å². The summed E-state index contributed by atoms with van der Waals surface area (Å²) in [6.07, 6.45) is 9.59. The Labute approximate surface area is 148 Å². The third-order valence-electron chi connectivity index (χ3n) is 7.68. The molecule has 4 saturated carbocycles. The molecule has 0 unspecified atom stereocenters. The van der Waals surface area contributed by atoms with Crippen LogP contribution in [0.3, 0.4) is 0 Å². The van der Waals surface area contributed by atoms with E-state index in [0.717, 1.165) is 24.6 Å². The van der Waals surface area contributed by atoms with E-state index in [-0.39, 0.29) is 5.60 Å². The number of carbonyl (C=O) groups excluding carboxylic acids is 1. The lowest BCUT2D eigenvalue weighted by Gasteiger charge is -2.70. The average Bonchev–Trinajstić information content (AvgIpc) is 2.51. The van der Waals surface area contributed by atoms with Gasteiger partial charge in [-0.1, -0.05) is 6.42 Å². The first kappa shape index (κ1) is 15.8. The van der Waals surface area contributed by atoms with E-state index < -0.39 is 5.91 Å². The zero-order valence-corrected chi connectivity index (χ0v) is 14.9. The van der Waals surface area contributed by atoms with Crippen LogP contribution < -0.4 is 5.73 Å². The maximum Gasteiger partial charge on any atom is 0.267 e. The third-order valence-corrected chi connectivity index (χ3v) is 7.68. The maximum absolute atomic E-state index is 11.6. The topological polar surface area (TPSA) is 68.5 Å². The number of likely N-dealkylation sites (tertiary alicyclic amines) is 1. The summed E-state index contributed by atoms with van der Waals surface area (Å²) in [5, 5.41) is 0. The molecule has 2 N–H and O–H groups in total. The summed E-state index contributed by atoms with van der Waals surface area (Å²) >= 11 is 0. The third kappa shape index (κ3) is 2.02. The van der Waals surface area contributed by atoms with Crippen molar-refractivity contribution in [3.05, 3.63) is 29.6 Å².